The summed E-state index contributed by atoms with van der Waals surface area (Å²) in [4.78, 5) is 11.8. The summed E-state index contributed by atoms with van der Waals surface area (Å²) < 4.78 is 10.6. The average molecular weight is 314 g/mol. The molecule has 1 unspecified atom stereocenters. The van der Waals surface area contributed by atoms with Gasteiger partial charge in [0, 0.05) is 0 Å². The number of carboxylic acids is 1. The maximum Gasteiger partial charge on any atom is 0.311 e. The first-order chi connectivity index (χ1) is 11.1. The quantitative estimate of drug-likeness (QED) is 0.847. The van der Waals surface area contributed by atoms with Crippen molar-refractivity contribution in [3.63, 3.8) is 0 Å². The van der Waals surface area contributed by atoms with Crippen molar-refractivity contribution in [1.29, 1.82) is 0 Å². The second-order valence-electron chi connectivity index (χ2n) is 5.33. The molecule has 0 bridgehead atoms. The van der Waals surface area contributed by atoms with Crippen molar-refractivity contribution in [2.75, 3.05) is 14.2 Å². The number of carboxylic acid groups (broad SMARTS) is 1. The van der Waals surface area contributed by atoms with Crippen molar-refractivity contribution in [3.05, 3.63) is 59.2 Å². The zero-order valence-corrected chi connectivity index (χ0v) is 13.7. The lowest BCUT2D eigenvalue weighted by molar-refractivity contribution is -0.138. The van der Waals surface area contributed by atoms with E-state index in [9.17, 15) is 9.90 Å². The number of aryl methyl sites for hydroxylation is 1. The van der Waals surface area contributed by atoms with Gasteiger partial charge in [-0.2, -0.15) is 0 Å². The zero-order valence-electron chi connectivity index (χ0n) is 13.7. The zero-order chi connectivity index (χ0) is 16.8. The molecule has 23 heavy (non-hydrogen) atoms. The van der Waals surface area contributed by atoms with Gasteiger partial charge in [-0.05, 0) is 41.7 Å². The van der Waals surface area contributed by atoms with E-state index in [0.717, 1.165) is 28.9 Å². The van der Waals surface area contributed by atoms with Gasteiger partial charge in [-0.3, -0.25) is 4.79 Å². The second-order valence-corrected chi connectivity index (χ2v) is 5.33. The summed E-state index contributed by atoms with van der Waals surface area (Å²) >= 11 is 0. The molecule has 0 aromatic heterocycles. The van der Waals surface area contributed by atoms with E-state index in [1.165, 1.54) is 0 Å². The number of benzene rings is 2. The normalized spacial score (nSPS) is 11.8. The number of aliphatic carboxylic acids is 1. The van der Waals surface area contributed by atoms with Crippen LogP contribution in [0, 0.1) is 0 Å². The molecule has 0 saturated carbocycles. The Morgan fingerprint density at radius 3 is 2.30 bits per heavy atom. The fourth-order valence-electron chi connectivity index (χ4n) is 2.73. The number of hydrogen-bond donors (Lipinski definition) is 1. The lowest BCUT2D eigenvalue weighted by atomic mass is 9.90. The minimum Gasteiger partial charge on any atom is -0.496 e. The molecule has 0 aliphatic heterocycles. The molecule has 0 aliphatic carbocycles. The van der Waals surface area contributed by atoms with Crippen LogP contribution in [0.5, 0.6) is 11.5 Å². The molecule has 1 atom stereocenters. The van der Waals surface area contributed by atoms with Gasteiger partial charge in [0.25, 0.3) is 0 Å². The molecule has 0 saturated heterocycles. The average Bonchev–Trinajstić information content (AvgIpc) is 2.59. The van der Waals surface area contributed by atoms with Crippen LogP contribution in [0.15, 0.2) is 42.5 Å². The molecule has 0 heterocycles. The van der Waals surface area contributed by atoms with Crippen molar-refractivity contribution in [2.24, 2.45) is 0 Å². The fraction of sp³-hybridized carbons (Fsp3) is 0.316. The van der Waals surface area contributed by atoms with E-state index >= 15 is 0 Å². The van der Waals surface area contributed by atoms with Gasteiger partial charge < -0.3 is 14.6 Å². The van der Waals surface area contributed by atoms with Crippen molar-refractivity contribution >= 4 is 5.97 Å². The Kier molecular flexibility index (Phi) is 5.63. The molecule has 122 valence electrons. The lowest BCUT2D eigenvalue weighted by Crippen LogP contribution is -2.15. The lowest BCUT2D eigenvalue weighted by Gasteiger charge is -2.17. The largest absolute Gasteiger partial charge is 0.496 e. The highest BCUT2D eigenvalue weighted by molar-refractivity contribution is 5.77. The Balaban J connectivity index is 2.37. The summed E-state index contributed by atoms with van der Waals surface area (Å²) in [6.45, 7) is 2.03. The molecule has 1 N–H and O–H groups in total. The molecule has 0 radical (unpaired) electrons. The highest BCUT2D eigenvalue weighted by atomic mass is 16.5. The second kappa shape index (κ2) is 7.68. The SMILES string of the molecule is CCc1cc(C(Cc2ccccc2OC)C(=O)O)ccc1OC. The number of ether oxygens (including phenoxy) is 2. The van der Waals surface area contributed by atoms with Crippen LogP contribution < -0.4 is 9.47 Å². The monoisotopic (exact) mass is 314 g/mol. The molecule has 2 rings (SSSR count). The summed E-state index contributed by atoms with van der Waals surface area (Å²) in [5, 5.41) is 9.67. The van der Waals surface area contributed by atoms with Crippen molar-refractivity contribution < 1.29 is 19.4 Å². The van der Waals surface area contributed by atoms with Crippen LogP contribution in [-0.4, -0.2) is 25.3 Å². The van der Waals surface area contributed by atoms with E-state index in [1.54, 1.807) is 14.2 Å². The van der Waals surface area contributed by atoms with Crippen LogP contribution in [0.25, 0.3) is 0 Å². The minimum atomic E-state index is -0.844. The Hall–Kier alpha value is -2.49. The van der Waals surface area contributed by atoms with E-state index in [2.05, 4.69) is 0 Å². The Morgan fingerprint density at radius 1 is 1.04 bits per heavy atom. The summed E-state index contributed by atoms with van der Waals surface area (Å²) in [6.07, 6.45) is 1.17. The molecule has 0 fully saturated rings. The van der Waals surface area contributed by atoms with E-state index in [4.69, 9.17) is 9.47 Å². The van der Waals surface area contributed by atoms with E-state index in [0.29, 0.717) is 12.2 Å². The maximum atomic E-state index is 11.8. The summed E-state index contributed by atoms with van der Waals surface area (Å²) in [5.74, 6) is 0.0336. The van der Waals surface area contributed by atoms with E-state index < -0.39 is 11.9 Å². The van der Waals surface area contributed by atoms with Gasteiger partial charge in [-0.25, -0.2) is 0 Å². The number of carbonyl (C=O) groups is 1. The molecular weight excluding hydrogens is 292 g/mol. The predicted molar refractivity (Wildman–Crippen MR) is 89.4 cm³/mol. The smallest absolute Gasteiger partial charge is 0.311 e. The Labute approximate surface area is 136 Å². The van der Waals surface area contributed by atoms with Crippen LogP contribution in [0.3, 0.4) is 0 Å². The van der Waals surface area contributed by atoms with Gasteiger partial charge in [0.1, 0.15) is 11.5 Å². The third kappa shape index (κ3) is 3.83. The first-order valence-corrected chi connectivity index (χ1v) is 7.62. The first kappa shape index (κ1) is 16.9. The first-order valence-electron chi connectivity index (χ1n) is 7.62. The van der Waals surface area contributed by atoms with Gasteiger partial charge in [-0.1, -0.05) is 37.3 Å². The van der Waals surface area contributed by atoms with Crippen LogP contribution in [0.4, 0.5) is 0 Å². The van der Waals surface area contributed by atoms with Crippen LogP contribution in [-0.2, 0) is 17.6 Å². The highest BCUT2D eigenvalue weighted by Crippen LogP contribution is 2.30. The van der Waals surface area contributed by atoms with Crippen LogP contribution >= 0.6 is 0 Å². The highest BCUT2D eigenvalue weighted by Gasteiger charge is 2.22. The van der Waals surface area contributed by atoms with E-state index in [-0.39, 0.29) is 0 Å². The van der Waals surface area contributed by atoms with Gasteiger partial charge in [0.05, 0.1) is 20.1 Å². The molecule has 4 nitrogen and oxygen atoms in total. The van der Waals surface area contributed by atoms with E-state index in [1.807, 2.05) is 49.4 Å². The summed E-state index contributed by atoms with van der Waals surface area (Å²) in [5.41, 5.74) is 2.67. The summed E-state index contributed by atoms with van der Waals surface area (Å²) in [7, 11) is 3.22. The Morgan fingerprint density at radius 2 is 1.70 bits per heavy atom. The van der Waals surface area contributed by atoms with Crippen LogP contribution in [0.1, 0.15) is 29.5 Å². The van der Waals surface area contributed by atoms with Gasteiger partial charge in [0.2, 0.25) is 0 Å². The molecule has 0 amide bonds. The number of methoxy groups -OCH3 is 2. The Bertz CT molecular complexity index is 679. The maximum absolute atomic E-state index is 11.8. The van der Waals surface area contributed by atoms with Crippen molar-refractivity contribution in [2.45, 2.75) is 25.7 Å². The molecule has 4 heteroatoms. The topological polar surface area (TPSA) is 55.8 Å². The van der Waals surface area contributed by atoms with Crippen molar-refractivity contribution in [3.8, 4) is 11.5 Å². The molecule has 2 aromatic carbocycles. The molecular formula is C19H22O4. The van der Waals surface area contributed by atoms with Crippen LogP contribution in [0.2, 0.25) is 0 Å². The number of para-hydroxylation sites is 1. The third-order valence-electron chi connectivity index (χ3n) is 4.00. The molecule has 2 aromatic rings. The van der Waals surface area contributed by atoms with Gasteiger partial charge in [0.15, 0.2) is 0 Å². The van der Waals surface area contributed by atoms with Gasteiger partial charge in [-0.15, -0.1) is 0 Å². The van der Waals surface area contributed by atoms with Crippen molar-refractivity contribution in [1.82, 2.24) is 0 Å². The molecule has 0 aliphatic rings. The predicted octanol–water partition coefficient (Wildman–Crippen LogP) is 3.68. The minimum absolute atomic E-state index is 0.384. The summed E-state index contributed by atoms with van der Waals surface area (Å²) in [6, 6.07) is 13.1. The van der Waals surface area contributed by atoms with Gasteiger partial charge >= 0.3 is 5.97 Å². The fourth-order valence-corrected chi connectivity index (χ4v) is 2.73. The molecule has 0 spiro atoms. The standard InChI is InChI=1S/C19H22O4/c1-4-13-11-14(9-10-18(13)23-3)16(19(20)21)12-15-7-5-6-8-17(15)22-2/h5-11,16H,4,12H2,1-3H3,(H,20,21). The third-order valence-corrected chi connectivity index (χ3v) is 4.00. The number of hydrogen-bond acceptors (Lipinski definition) is 3. The number of rotatable bonds is 7.